The zero-order valence-electron chi connectivity index (χ0n) is 14.6. The van der Waals surface area contributed by atoms with Gasteiger partial charge in [0.15, 0.2) is 16.6 Å². The Morgan fingerprint density at radius 3 is 2.64 bits per heavy atom. The van der Waals surface area contributed by atoms with E-state index < -0.39 is 0 Å². The molecule has 1 heterocycles. The number of aromatic amines is 1. The van der Waals surface area contributed by atoms with Gasteiger partial charge in [-0.15, -0.1) is 0 Å². The van der Waals surface area contributed by atoms with E-state index in [2.05, 4.69) is 15.3 Å². The summed E-state index contributed by atoms with van der Waals surface area (Å²) in [6.45, 7) is 3.19. The molecule has 2 aromatic rings. The number of ether oxygens (including phenoxy) is 2. The molecular formula is C17H22N4O3S. The maximum atomic E-state index is 12.4. The standard InChI is InChI=1S/C17H22N4O3S/c1-4-21(17(25)18-10-5-6-10)9-15-19-12-8-14(24-3)13(23-2)7-11(12)16(22)20-15/h7-8,10H,4-6,9H2,1-3H3,(H,18,25)(H,19,20,22). The average molecular weight is 362 g/mol. The van der Waals surface area contributed by atoms with Gasteiger partial charge in [-0.3, -0.25) is 4.79 Å². The third-order valence-electron chi connectivity index (χ3n) is 4.17. The fourth-order valence-electron chi connectivity index (χ4n) is 2.59. The number of fused-ring (bicyclic) bond motifs is 1. The van der Waals surface area contributed by atoms with Gasteiger partial charge in [-0.2, -0.15) is 0 Å². The number of H-pyrrole nitrogens is 1. The van der Waals surface area contributed by atoms with E-state index in [1.165, 1.54) is 7.11 Å². The maximum absolute atomic E-state index is 12.4. The van der Waals surface area contributed by atoms with Crippen molar-refractivity contribution in [1.82, 2.24) is 20.2 Å². The first-order valence-electron chi connectivity index (χ1n) is 8.26. The van der Waals surface area contributed by atoms with E-state index in [1.54, 1.807) is 19.2 Å². The summed E-state index contributed by atoms with van der Waals surface area (Å²) in [6, 6.07) is 3.84. The van der Waals surface area contributed by atoms with Gasteiger partial charge in [-0.05, 0) is 38.0 Å². The van der Waals surface area contributed by atoms with Crippen LogP contribution in [0.3, 0.4) is 0 Å². The molecule has 1 saturated carbocycles. The summed E-state index contributed by atoms with van der Waals surface area (Å²) in [5, 5.41) is 4.47. The lowest BCUT2D eigenvalue weighted by Gasteiger charge is -2.23. The second-order valence-corrected chi connectivity index (χ2v) is 6.36. The van der Waals surface area contributed by atoms with E-state index in [1.807, 2.05) is 11.8 Å². The summed E-state index contributed by atoms with van der Waals surface area (Å²) in [7, 11) is 3.09. The van der Waals surface area contributed by atoms with Crippen molar-refractivity contribution in [3.63, 3.8) is 0 Å². The lowest BCUT2D eigenvalue weighted by molar-refractivity contribution is 0.355. The van der Waals surface area contributed by atoms with Crippen LogP contribution in [0.25, 0.3) is 10.9 Å². The number of thiocarbonyl (C=S) groups is 1. The first-order chi connectivity index (χ1) is 12.0. The molecule has 8 heteroatoms. The second kappa shape index (κ2) is 7.26. The van der Waals surface area contributed by atoms with Crippen LogP contribution in [-0.4, -0.2) is 46.8 Å². The summed E-state index contributed by atoms with van der Waals surface area (Å²) in [4.78, 5) is 21.8. The van der Waals surface area contributed by atoms with Crippen molar-refractivity contribution in [3.05, 3.63) is 28.3 Å². The molecule has 1 aromatic carbocycles. The summed E-state index contributed by atoms with van der Waals surface area (Å²) in [5.41, 5.74) is 0.353. The van der Waals surface area contributed by atoms with Crippen molar-refractivity contribution in [3.8, 4) is 11.5 Å². The summed E-state index contributed by atoms with van der Waals surface area (Å²) >= 11 is 5.45. The highest BCUT2D eigenvalue weighted by Gasteiger charge is 2.23. The third kappa shape index (κ3) is 3.84. The molecule has 3 rings (SSSR count). The number of nitrogens with one attached hydrogen (secondary N) is 2. The first kappa shape index (κ1) is 17.5. The van der Waals surface area contributed by atoms with E-state index in [0.717, 1.165) is 19.4 Å². The quantitative estimate of drug-likeness (QED) is 0.759. The van der Waals surface area contributed by atoms with Gasteiger partial charge in [0.1, 0.15) is 5.82 Å². The third-order valence-corrected chi connectivity index (χ3v) is 4.55. The highest BCUT2D eigenvalue weighted by molar-refractivity contribution is 7.80. The minimum Gasteiger partial charge on any atom is -0.493 e. The number of rotatable bonds is 6. The summed E-state index contributed by atoms with van der Waals surface area (Å²) in [6.07, 6.45) is 2.31. The lowest BCUT2D eigenvalue weighted by Crippen LogP contribution is -2.40. The van der Waals surface area contributed by atoms with Crippen LogP contribution in [0, 0.1) is 0 Å². The number of nitrogens with zero attached hydrogens (tertiary/aromatic N) is 2. The van der Waals surface area contributed by atoms with Crippen LogP contribution in [0.1, 0.15) is 25.6 Å². The SMILES string of the molecule is CCN(Cc1nc2cc(OC)c(OC)cc2c(=O)[nH]1)C(=S)NC1CC1. The number of methoxy groups -OCH3 is 2. The predicted molar refractivity (Wildman–Crippen MR) is 100 cm³/mol. The topological polar surface area (TPSA) is 79.5 Å². The van der Waals surface area contributed by atoms with Gasteiger partial charge in [-0.1, -0.05) is 0 Å². The van der Waals surface area contributed by atoms with E-state index >= 15 is 0 Å². The van der Waals surface area contributed by atoms with Crippen molar-refractivity contribution in [2.24, 2.45) is 0 Å². The second-order valence-electron chi connectivity index (χ2n) is 5.97. The lowest BCUT2D eigenvalue weighted by atomic mass is 10.2. The van der Waals surface area contributed by atoms with Gasteiger partial charge < -0.3 is 24.7 Å². The fraction of sp³-hybridized carbons (Fsp3) is 0.471. The highest BCUT2D eigenvalue weighted by atomic mass is 32.1. The van der Waals surface area contributed by atoms with Crippen LogP contribution in [0.15, 0.2) is 16.9 Å². The molecule has 7 nitrogen and oxygen atoms in total. The summed E-state index contributed by atoms with van der Waals surface area (Å²) in [5.74, 6) is 1.60. The van der Waals surface area contributed by atoms with Crippen LogP contribution in [-0.2, 0) is 6.54 Å². The molecule has 0 bridgehead atoms. The molecule has 0 radical (unpaired) electrons. The van der Waals surface area contributed by atoms with Gasteiger partial charge in [0.05, 0.1) is 31.7 Å². The van der Waals surface area contributed by atoms with E-state index in [-0.39, 0.29) is 5.56 Å². The molecule has 134 valence electrons. The Kier molecular flexibility index (Phi) is 5.08. The molecular weight excluding hydrogens is 340 g/mol. The number of benzene rings is 1. The number of hydrogen-bond donors (Lipinski definition) is 2. The number of hydrogen-bond acceptors (Lipinski definition) is 5. The molecule has 0 spiro atoms. The Labute approximate surface area is 151 Å². The zero-order chi connectivity index (χ0) is 18.0. The van der Waals surface area contributed by atoms with E-state index in [4.69, 9.17) is 21.7 Å². The zero-order valence-corrected chi connectivity index (χ0v) is 15.4. The molecule has 1 aromatic heterocycles. The number of aromatic nitrogens is 2. The Morgan fingerprint density at radius 1 is 1.36 bits per heavy atom. The van der Waals surface area contributed by atoms with Gasteiger partial charge in [0.25, 0.3) is 5.56 Å². The van der Waals surface area contributed by atoms with Crippen LogP contribution < -0.4 is 20.3 Å². The largest absolute Gasteiger partial charge is 0.493 e. The normalized spacial score (nSPS) is 13.6. The molecule has 0 saturated heterocycles. The van der Waals surface area contributed by atoms with Crippen LogP contribution in [0.4, 0.5) is 0 Å². The molecule has 1 aliphatic rings. The van der Waals surface area contributed by atoms with Gasteiger partial charge in [0, 0.05) is 18.7 Å². The van der Waals surface area contributed by atoms with Crippen molar-refractivity contribution in [2.75, 3.05) is 20.8 Å². The smallest absolute Gasteiger partial charge is 0.258 e. The monoisotopic (exact) mass is 362 g/mol. The van der Waals surface area contributed by atoms with Crippen molar-refractivity contribution in [2.45, 2.75) is 32.4 Å². The van der Waals surface area contributed by atoms with E-state index in [0.29, 0.717) is 45.9 Å². The molecule has 0 amide bonds. The van der Waals surface area contributed by atoms with Gasteiger partial charge >= 0.3 is 0 Å². The first-order valence-corrected chi connectivity index (χ1v) is 8.67. The fourth-order valence-corrected chi connectivity index (χ4v) is 2.95. The van der Waals surface area contributed by atoms with Crippen LogP contribution >= 0.6 is 12.2 Å². The molecule has 0 atom stereocenters. The highest BCUT2D eigenvalue weighted by Crippen LogP contribution is 2.30. The molecule has 1 aliphatic carbocycles. The molecule has 0 unspecified atom stereocenters. The molecule has 0 aliphatic heterocycles. The maximum Gasteiger partial charge on any atom is 0.258 e. The predicted octanol–water partition coefficient (Wildman–Crippen LogP) is 1.80. The Morgan fingerprint density at radius 2 is 2.04 bits per heavy atom. The molecule has 25 heavy (non-hydrogen) atoms. The van der Waals surface area contributed by atoms with E-state index in [9.17, 15) is 4.79 Å². The molecule has 2 N–H and O–H groups in total. The summed E-state index contributed by atoms with van der Waals surface area (Å²) < 4.78 is 10.5. The molecule has 1 fully saturated rings. The minimum absolute atomic E-state index is 0.210. The van der Waals surface area contributed by atoms with Crippen molar-refractivity contribution >= 4 is 28.2 Å². The minimum atomic E-state index is -0.210. The van der Waals surface area contributed by atoms with Gasteiger partial charge in [-0.25, -0.2) is 4.98 Å². The average Bonchev–Trinajstić information content (AvgIpc) is 3.42. The van der Waals surface area contributed by atoms with Crippen LogP contribution in [0.5, 0.6) is 11.5 Å². The Bertz CT molecular complexity index is 848. The van der Waals surface area contributed by atoms with Crippen LogP contribution in [0.2, 0.25) is 0 Å². The van der Waals surface area contributed by atoms with Crippen molar-refractivity contribution < 1.29 is 9.47 Å². The van der Waals surface area contributed by atoms with Crippen molar-refractivity contribution in [1.29, 1.82) is 0 Å². The Balaban J connectivity index is 1.90. The van der Waals surface area contributed by atoms with Gasteiger partial charge in [0.2, 0.25) is 0 Å². The Hall–Kier alpha value is -2.35.